The number of nitrogens with zero attached hydrogens (tertiary/aromatic N) is 1. The second kappa shape index (κ2) is 5.18. The minimum atomic E-state index is 0.776. The molecule has 0 amide bonds. The molecular weight excluding hydrogens is 236 g/mol. The largest absolute Gasteiger partial charge is 0.389 e. The van der Waals surface area contributed by atoms with E-state index in [2.05, 4.69) is 11.6 Å². The van der Waals surface area contributed by atoms with Gasteiger partial charge in [0, 0.05) is 11.3 Å². The fourth-order valence-electron chi connectivity index (χ4n) is 1.31. The average Bonchev–Trinajstić information content (AvgIpc) is 2.69. The Hall–Kier alpha value is -1.26. The van der Waals surface area contributed by atoms with Crippen LogP contribution in [-0.2, 0) is 0 Å². The van der Waals surface area contributed by atoms with Crippen molar-refractivity contribution in [1.29, 1.82) is 0 Å². The van der Waals surface area contributed by atoms with E-state index in [-0.39, 0.29) is 0 Å². The Morgan fingerprint density at radius 1 is 1.38 bits per heavy atom. The number of nitrogen functional groups attached to an aromatic ring is 1. The summed E-state index contributed by atoms with van der Waals surface area (Å²) in [7, 11) is 0. The standard InChI is InChI=1S/C12H12N2S2/c1-2-8-15-12-14-10(11(13)16-12)9-6-4-3-5-7-9/h2-7H,1,8,13H2. The lowest BCUT2D eigenvalue weighted by atomic mass is 10.2. The first-order valence-electron chi connectivity index (χ1n) is 4.86. The number of nitrogens with two attached hydrogens (primary N) is 1. The molecule has 0 radical (unpaired) electrons. The lowest BCUT2D eigenvalue weighted by molar-refractivity contribution is 1.26. The Morgan fingerprint density at radius 3 is 2.81 bits per heavy atom. The van der Waals surface area contributed by atoms with Crippen molar-refractivity contribution in [2.75, 3.05) is 11.5 Å². The van der Waals surface area contributed by atoms with Crippen LogP contribution in [0.2, 0.25) is 0 Å². The molecule has 0 atom stereocenters. The molecule has 0 unspecified atom stereocenters. The molecule has 2 aromatic rings. The van der Waals surface area contributed by atoms with Crippen LogP contribution in [0.5, 0.6) is 0 Å². The maximum absolute atomic E-state index is 5.96. The van der Waals surface area contributed by atoms with Crippen LogP contribution >= 0.6 is 23.1 Å². The summed E-state index contributed by atoms with van der Waals surface area (Å²) in [5.74, 6) is 0.862. The van der Waals surface area contributed by atoms with Crippen molar-refractivity contribution in [1.82, 2.24) is 4.98 Å². The van der Waals surface area contributed by atoms with Gasteiger partial charge in [-0.2, -0.15) is 0 Å². The minimum absolute atomic E-state index is 0.776. The summed E-state index contributed by atoms with van der Waals surface area (Å²) in [6.45, 7) is 3.69. The van der Waals surface area contributed by atoms with Gasteiger partial charge in [-0.25, -0.2) is 4.98 Å². The summed E-state index contributed by atoms with van der Waals surface area (Å²) >= 11 is 3.19. The molecule has 0 aliphatic heterocycles. The number of rotatable bonds is 4. The van der Waals surface area contributed by atoms with Crippen molar-refractivity contribution in [3.63, 3.8) is 0 Å². The topological polar surface area (TPSA) is 38.9 Å². The lowest BCUT2D eigenvalue weighted by Gasteiger charge is -1.96. The Bertz CT molecular complexity index is 477. The molecule has 0 bridgehead atoms. The fourth-order valence-corrected chi connectivity index (χ4v) is 3.02. The first-order valence-corrected chi connectivity index (χ1v) is 6.67. The van der Waals surface area contributed by atoms with Crippen molar-refractivity contribution in [3.8, 4) is 11.3 Å². The van der Waals surface area contributed by atoms with Crippen LogP contribution < -0.4 is 5.73 Å². The summed E-state index contributed by atoms with van der Waals surface area (Å²) in [5, 5.41) is 0.776. The number of hydrogen-bond donors (Lipinski definition) is 1. The summed E-state index contributed by atoms with van der Waals surface area (Å²) < 4.78 is 0.997. The van der Waals surface area contributed by atoms with Crippen LogP contribution in [0.1, 0.15) is 0 Å². The Morgan fingerprint density at radius 2 is 2.12 bits per heavy atom. The van der Waals surface area contributed by atoms with Crippen molar-refractivity contribution in [2.45, 2.75) is 4.34 Å². The van der Waals surface area contributed by atoms with Gasteiger partial charge in [-0.3, -0.25) is 0 Å². The highest BCUT2D eigenvalue weighted by Gasteiger charge is 2.09. The zero-order valence-corrected chi connectivity index (χ0v) is 10.4. The number of thiazole rings is 1. The van der Waals surface area contributed by atoms with E-state index >= 15 is 0 Å². The Labute approximate surface area is 103 Å². The van der Waals surface area contributed by atoms with Crippen LogP contribution in [0, 0.1) is 0 Å². The van der Waals surface area contributed by atoms with E-state index < -0.39 is 0 Å². The van der Waals surface area contributed by atoms with Gasteiger partial charge in [0.1, 0.15) is 10.7 Å². The zero-order valence-electron chi connectivity index (χ0n) is 8.72. The smallest absolute Gasteiger partial charge is 0.152 e. The monoisotopic (exact) mass is 248 g/mol. The first-order chi connectivity index (χ1) is 7.81. The van der Waals surface area contributed by atoms with E-state index in [1.807, 2.05) is 36.4 Å². The van der Waals surface area contributed by atoms with Crippen molar-refractivity contribution in [3.05, 3.63) is 43.0 Å². The molecule has 0 aliphatic carbocycles. The average molecular weight is 248 g/mol. The molecule has 82 valence electrons. The van der Waals surface area contributed by atoms with Gasteiger partial charge in [-0.05, 0) is 0 Å². The molecule has 0 saturated carbocycles. The van der Waals surface area contributed by atoms with Gasteiger partial charge < -0.3 is 5.73 Å². The molecule has 0 fully saturated rings. The van der Waals surface area contributed by atoms with E-state index in [4.69, 9.17) is 5.73 Å². The van der Waals surface area contributed by atoms with Gasteiger partial charge in [0.25, 0.3) is 0 Å². The number of hydrogen-bond acceptors (Lipinski definition) is 4. The van der Waals surface area contributed by atoms with E-state index in [9.17, 15) is 0 Å². The quantitative estimate of drug-likeness (QED) is 0.663. The highest BCUT2D eigenvalue weighted by Crippen LogP contribution is 2.35. The van der Waals surface area contributed by atoms with Gasteiger partial charge in [-0.1, -0.05) is 59.5 Å². The van der Waals surface area contributed by atoms with Crippen LogP contribution in [0.4, 0.5) is 5.00 Å². The van der Waals surface area contributed by atoms with Crippen LogP contribution in [0.25, 0.3) is 11.3 Å². The van der Waals surface area contributed by atoms with Gasteiger partial charge in [0.15, 0.2) is 4.34 Å². The highest BCUT2D eigenvalue weighted by molar-refractivity contribution is 8.01. The third-order valence-corrected chi connectivity index (χ3v) is 4.03. The van der Waals surface area contributed by atoms with Crippen LogP contribution in [0.3, 0.4) is 0 Å². The SMILES string of the molecule is C=CCSc1nc(-c2ccccc2)c(N)s1. The number of benzene rings is 1. The van der Waals surface area contributed by atoms with Gasteiger partial charge in [0.05, 0.1) is 0 Å². The van der Waals surface area contributed by atoms with Crippen LogP contribution in [-0.4, -0.2) is 10.7 Å². The Balaban J connectivity index is 2.28. The lowest BCUT2D eigenvalue weighted by Crippen LogP contribution is -1.84. The summed E-state index contributed by atoms with van der Waals surface area (Å²) in [6, 6.07) is 10.0. The van der Waals surface area contributed by atoms with E-state index in [1.165, 1.54) is 11.3 Å². The minimum Gasteiger partial charge on any atom is -0.389 e. The molecular formula is C12H12N2S2. The summed E-state index contributed by atoms with van der Waals surface area (Å²) in [4.78, 5) is 4.53. The third kappa shape index (κ3) is 2.46. The van der Waals surface area contributed by atoms with Crippen molar-refractivity contribution in [2.24, 2.45) is 0 Å². The predicted octanol–water partition coefficient (Wildman–Crippen LogP) is 3.67. The van der Waals surface area contributed by atoms with Crippen LogP contribution in [0.15, 0.2) is 47.3 Å². The molecule has 2 rings (SSSR count). The van der Waals surface area contributed by atoms with Gasteiger partial charge >= 0.3 is 0 Å². The normalized spacial score (nSPS) is 10.2. The van der Waals surface area contributed by atoms with E-state index in [1.54, 1.807) is 11.8 Å². The Kier molecular flexibility index (Phi) is 3.64. The number of aromatic nitrogens is 1. The van der Waals surface area contributed by atoms with Crippen molar-refractivity contribution >= 4 is 28.1 Å². The summed E-state index contributed by atoms with van der Waals surface area (Å²) in [5.41, 5.74) is 7.92. The molecule has 2 nitrogen and oxygen atoms in total. The fraction of sp³-hybridized carbons (Fsp3) is 0.0833. The molecule has 0 spiro atoms. The second-order valence-corrected chi connectivity index (χ2v) is 5.46. The second-order valence-electron chi connectivity index (χ2n) is 3.16. The highest BCUT2D eigenvalue weighted by atomic mass is 32.2. The van der Waals surface area contributed by atoms with E-state index in [0.717, 1.165) is 26.4 Å². The molecule has 4 heteroatoms. The van der Waals surface area contributed by atoms with Gasteiger partial charge in [0.2, 0.25) is 0 Å². The van der Waals surface area contributed by atoms with E-state index in [0.29, 0.717) is 0 Å². The molecule has 1 aromatic heterocycles. The maximum atomic E-state index is 5.96. The predicted molar refractivity (Wildman–Crippen MR) is 72.9 cm³/mol. The third-order valence-electron chi connectivity index (χ3n) is 2.01. The van der Waals surface area contributed by atoms with Crippen molar-refractivity contribution < 1.29 is 0 Å². The molecule has 1 aromatic carbocycles. The molecule has 0 saturated heterocycles. The first kappa shape index (κ1) is 11.2. The number of thioether (sulfide) groups is 1. The molecule has 1 heterocycles. The molecule has 0 aliphatic rings. The molecule has 16 heavy (non-hydrogen) atoms. The zero-order chi connectivity index (χ0) is 11.4. The van der Waals surface area contributed by atoms with Gasteiger partial charge in [-0.15, -0.1) is 6.58 Å². The number of anilines is 1. The summed E-state index contributed by atoms with van der Waals surface area (Å²) in [6.07, 6.45) is 1.87. The molecule has 2 N–H and O–H groups in total. The maximum Gasteiger partial charge on any atom is 0.152 e.